The lowest BCUT2D eigenvalue weighted by molar-refractivity contribution is -0.145. The zero-order valence-electron chi connectivity index (χ0n) is 19.3. The van der Waals surface area contributed by atoms with Crippen molar-refractivity contribution in [3.63, 3.8) is 0 Å². The number of nitrogens with zero attached hydrogens (tertiary/aromatic N) is 3. The van der Waals surface area contributed by atoms with Crippen molar-refractivity contribution >= 4 is 29.4 Å². The summed E-state index contributed by atoms with van der Waals surface area (Å²) in [7, 11) is 0. The Hall–Kier alpha value is -2.98. The van der Waals surface area contributed by atoms with Crippen LogP contribution in [0, 0.1) is 0 Å². The first-order valence-electron chi connectivity index (χ1n) is 11.5. The lowest BCUT2D eigenvalue weighted by atomic mass is 10.1. The van der Waals surface area contributed by atoms with Crippen molar-refractivity contribution in [3.8, 4) is 0 Å². The molecule has 180 valence electrons. The van der Waals surface area contributed by atoms with Gasteiger partial charge in [-0.15, -0.1) is 0 Å². The molecule has 2 aliphatic heterocycles. The zero-order chi connectivity index (χ0) is 23.8. The van der Waals surface area contributed by atoms with Crippen LogP contribution < -0.4 is 10.6 Å². The summed E-state index contributed by atoms with van der Waals surface area (Å²) in [6, 6.07) is 5.49. The molecule has 2 fully saturated rings. The molecule has 0 spiro atoms. The molecule has 0 unspecified atom stereocenters. The quantitative estimate of drug-likeness (QED) is 0.533. The average molecular weight is 460 g/mol. The molecule has 0 bridgehead atoms. The van der Waals surface area contributed by atoms with E-state index >= 15 is 0 Å². The van der Waals surface area contributed by atoms with Crippen molar-refractivity contribution in [1.82, 2.24) is 20.0 Å². The molecule has 33 heavy (non-hydrogen) atoms. The van der Waals surface area contributed by atoms with Crippen LogP contribution in [0.5, 0.6) is 0 Å². The van der Waals surface area contributed by atoms with Crippen LogP contribution in [0.2, 0.25) is 0 Å². The van der Waals surface area contributed by atoms with Crippen LogP contribution in [0.3, 0.4) is 0 Å². The first-order valence-corrected chi connectivity index (χ1v) is 11.5. The molecule has 1 aromatic rings. The molecule has 0 saturated carbocycles. The maximum Gasteiger partial charge on any atom is 0.338 e. The number of amides is 3. The molecule has 1 aromatic carbocycles. The van der Waals surface area contributed by atoms with Gasteiger partial charge in [0.05, 0.1) is 25.1 Å². The number of hydrogen-bond acceptors (Lipinski definition) is 7. The summed E-state index contributed by atoms with van der Waals surface area (Å²) in [4.78, 5) is 55.8. The van der Waals surface area contributed by atoms with E-state index in [-0.39, 0.29) is 37.3 Å². The Morgan fingerprint density at radius 2 is 1.70 bits per heavy atom. The molecule has 0 aromatic heterocycles. The normalized spacial score (nSPS) is 19.6. The number of benzene rings is 1. The minimum absolute atomic E-state index is 0.133. The number of carbonyl (C=O) groups is 4. The summed E-state index contributed by atoms with van der Waals surface area (Å²) >= 11 is 0. The van der Waals surface area contributed by atoms with Crippen molar-refractivity contribution in [2.45, 2.75) is 26.3 Å². The van der Waals surface area contributed by atoms with Crippen LogP contribution in [-0.4, -0.2) is 103 Å². The zero-order valence-corrected chi connectivity index (χ0v) is 19.3. The molecule has 2 N–H and O–H groups in total. The summed E-state index contributed by atoms with van der Waals surface area (Å²) in [6.07, 6.45) is -0.138. The Morgan fingerprint density at radius 3 is 2.33 bits per heavy atom. The lowest BCUT2D eigenvalue weighted by Crippen LogP contribution is -2.60. The maximum atomic E-state index is 13.0. The van der Waals surface area contributed by atoms with E-state index in [2.05, 4.69) is 27.4 Å². The van der Waals surface area contributed by atoms with Gasteiger partial charge in [0.25, 0.3) is 0 Å². The third kappa shape index (κ3) is 6.75. The number of carbonyl (C=O) groups excluding carboxylic acids is 4. The van der Waals surface area contributed by atoms with Gasteiger partial charge in [0.1, 0.15) is 6.04 Å². The fraction of sp³-hybridized carbons (Fsp3) is 0.565. The van der Waals surface area contributed by atoms with Crippen molar-refractivity contribution < 1.29 is 23.9 Å². The number of rotatable bonds is 8. The summed E-state index contributed by atoms with van der Waals surface area (Å²) in [6.45, 7) is 9.61. The maximum absolute atomic E-state index is 13.0. The molecule has 3 rings (SSSR count). The second-order valence-corrected chi connectivity index (χ2v) is 8.15. The highest BCUT2D eigenvalue weighted by atomic mass is 16.5. The van der Waals surface area contributed by atoms with Gasteiger partial charge in [-0.3, -0.25) is 19.3 Å². The number of esters is 1. The van der Waals surface area contributed by atoms with Crippen LogP contribution >= 0.6 is 0 Å². The highest BCUT2D eigenvalue weighted by Gasteiger charge is 2.35. The standard InChI is InChI=1S/C23H33N5O5/c1-3-26-11-13-27(14-12-26)16-21(30)28-10-9-24-22(31)19(28)15-20(29)25-18-7-5-17(6-8-18)23(32)33-4-2/h5-8,19H,3-4,9-16H2,1-2H3,(H,24,31)(H,25,29)/t19-/m1/s1. The van der Waals surface area contributed by atoms with E-state index in [1.807, 2.05) is 0 Å². The first kappa shape index (κ1) is 24.7. The number of ether oxygens (including phenoxy) is 1. The Kier molecular flexibility index (Phi) is 8.79. The number of hydrogen-bond donors (Lipinski definition) is 2. The molecule has 0 aliphatic carbocycles. The van der Waals surface area contributed by atoms with Crippen LogP contribution in [0.25, 0.3) is 0 Å². The van der Waals surface area contributed by atoms with E-state index in [4.69, 9.17) is 4.74 Å². The fourth-order valence-corrected chi connectivity index (χ4v) is 4.05. The summed E-state index contributed by atoms with van der Waals surface area (Å²) in [5.41, 5.74) is 0.883. The second kappa shape index (κ2) is 11.8. The number of piperazine rings is 2. The SMILES string of the molecule is CCOC(=O)c1ccc(NC(=O)C[C@@H]2C(=O)NCCN2C(=O)CN2CCN(CC)CC2)cc1. The molecule has 1 atom stereocenters. The topological polar surface area (TPSA) is 111 Å². The summed E-state index contributed by atoms with van der Waals surface area (Å²) < 4.78 is 4.95. The molecule has 0 radical (unpaired) electrons. The average Bonchev–Trinajstić information content (AvgIpc) is 2.81. The molecule has 2 saturated heterocycles. The van der Waals surface area contributed by atoms with Gasteiger partial charge < -0.3 is 25.2 Å². The van der Waals surface area contributed by atoms with Gasteiger partial charge in [0, 0.05) is 45.0 Å². The van der Waals surface area contributed by atoms with Crippen molar-refractivity contribution in [2.24, 2.45) is 0 Å². The van der Waals surface area contributed by atoms with E-state index < -0.39 is 12.0 Å². The number of anilines is 1. The number of likely N-dealkylation sites (N-methyl/N-ethyl adjacent to an activating group) is 1. The fourth-order valence-electron chi connectivity index (χ4n) is 4.05. The molecule has 3 amide bonds. The third-order valence-electron chi connectivity index (χ3n) is 5.98. The predicted octanol–water partition coefficient (Wildman–Crippen LogP) is 0.156. The van der Waals surface area contributed by atoms with Gasteiger partial charge >= 0.3 is 5.97 Å². The molecule has 10 nitrogen and oxygen atoms in total. The third-order valence-corrected chi connectivity index (χ3v) is 5.98. The lowest BCUT2D eigenvalue weighted by Gasteiger charge is -2.38. The van der Waals surface area contributed by atoms with Crippen LogP contribution in [0.1, 0.15) is 30.6 Å². The van der Waals surface area contributed by atoms with Crippen LogP contribution in [0.4, 0.5) is 5.69 Å². The van der Waals surface area contributed by atoms with Crippen molar-refractivity contribution in [3.05, 3.63) is 29.8 Å². The van der Waals surface area contributed by atoms with Gasteiger partial charge in [0.15, 0.2) is 0 Å². The highest BCUT2D eigenvalue weighted by Crippen LogP contribution is 2.15. The Balaban J connectivity index is 1.56. The van der Waals surface area contributed by atoms with Gasteiger partial charge in [-0.25, -0.2) is 4.79 Å². The Bertz CT molecular complexity index is 851. The van der Waals surface area contributed by atoms with E-state index in [0.717, 1.165) is 32.7 Å². The monoisotopic (exact) mass is 459 g/mol. The molecular formula is C23H33N5O5. The van der Waals surface area contributed by atoms with Crippen LogP contribution in [-0.2, 0) is 19.1 Å². The van der Waals surface area contributed by atoms with E-state index in [1.54, 1.807) is 31.2 Å². The highest BCUT2D eigenvalue weighted by molar-refractivity contribution is 5.98. The minimum atomic E-state index is -0.845. The van der Waals surface area contributed by atoms with Crippen LogP contribution in [0.15, 0.2) is 24.3 Å². The predicted molar refractivity (Wildman–Crippen MR) is 123 cm³/mol. The van der Waals surface area contributed by atoms with Gasteiger partial charge in [0.2, 0.25) is 17.7 Å². The van der Waals surface area contributed by atoms with Gasteiger partial charge in [-0.05, 0) is 37.7 Å². The summed E-state index contributed by atoms with van der Waals surface area (Å²) in [5.74, 6) is -1.26. The Labute approximate surface area is 194 Å². The van der Waals surface area contributed by atoms with E-state index in [9.17, 15) is 19.2 Å². The molecule has 10 heteroatoms. The minimum Gasteiger partial charge on any atom is -0.462 e. The Morgan fingerprint density at radius 1 is 1.03 bits per heavy atom. The van der Waals surface area contributed by atoms with Gasteiger partial charge in [-0.2, -0.15) is 0 Å². The largest absolute Gasteiger partial charge is 0.462 e. The smallest absolute Gasteiger partial charge is 0.338 e. The first-order chi connectivity index (χ1) is 15.9. The van der Waals surface area contributed by atoms with E-state index in [0.29, 0.717) is 24.3 Å². The van der Waals surface area contributed by atoms with Crippen molar-refractivity contribution in [2.75, 3.05) is 64.3 Å². The molecule has 2 aliphatic rings. The number of nitrogens with one attached hydrogen (secondary N) is 2. The summed E-state index contributed by atoms with van der Waals surface area (Å²) in [5, 5.41) is 5.49. The second-order valence-electron chi connectivity index (χ2n) is 8.15. The van der Waals surface area contributed by atoms with Crippen molar-refractivity contribution in [1.29, 1.82) is 0 Å². The van der Waals surface area contributed by atoms with Gasteiger partial charge in [-0.1, -0.05) is 6.92 Å². The molecular weight excluding hydrogens is 426 g/mol. The molecule has 2 heterocycles. The van der Waals surface area contributed by atoms with E-state index in [1.165, 1.54) is 4.90 Å².